The van der Waals surface area contributed by atoms with Crippen LogP contribution in [0.15, 0.2) is 12.2 Å². The number of hydrogen-bond acceptors (Lipinski definition) is 8. The predicted molar refractivity (Wildman–Crippen MR) is 90.8 cm³/mol. The second-order valence-electron chi connectivity index (χ2n) is 7.14. The molecule has 0 radical (unpaired) electrons. The fraction of sp³-hybridized carbons (Fsp3) is 0.529. The molecule has 1 saturated heterocycles. The van der Waals surface area contributed by atoms with Crippen molar-refractivity contribution in [3.8, 4) is 0 Å². The lowest BCUT2D eigenvalue weighted by Gasteiger charge is -2.24. The first kappa shape index (κ1) is 21.1. The van der Waals surface area contributed by atoms with Gasteiger partial charge in [-0.25, -0.2) is 9.59 Å². The Morgan fingerprint density at radius 3 is 2.11 bits per heavy atom. The normalized spacial score (nSPS) is 18.0. The van der Waals surface area contributed by atoms with E-state index in [1.807, 2.05) is 0 Å². The number of alkyl carbamates (subject to hydrolysis) is 1. The van der Waals surface area contributed by atoms with Crippen LogP contribution in [0.5, 0.6) is 0 Å². The van der Waals surface area contributed by atoms with Crippen molar-refractivity contribution in [3.63, 3.8) is 0 Å². The summed E-state index contributed by atoms with van der Waals surface area (Å²) in [6.45, 7) is 4.67. The van der Waals surface area contributed by atoms with Crippen LogP contribution >= 0.6 is 0 Å². The van der Waals surface area contributed by atoms with Gasteiger partial charge < -0.3 is 14.9 Å². The summed E-state index contributed by atoms with van der Waals surface area (Å²) in [7, 11) is 0. The number of nitrogens with one attached hydrogen (secondary N) is 1. The van der Waals surface area contributed by atoms with Gasteiger partial charge in [0.2, 0.25) is 0 Å². The van der Waals surface area contributed by atoms with Crippen LogP contribution in [0, 0.1) is 0 Å². The molecule has 0 aromatic heterocycles. The zero-order chi connectivity index (χ0) is 21.1. The van der Waals surface area contributed by atoms with E-state index in [0.717, 1.165) is 17.1 Å². The second kappa shape index (κ2) is 8.19. The number of nitrogens with zero attached hydrogens (tertiary/aromatic N) is 2. The molecule has 1 atom stereocenters. The van der Waals surface area contributed by atoms with Crippen LogP contribution in [-0.4, -0.2) is 63.8 Å². The molecule has 2 heterocycles. The summed E-state index contributed by atoms with van der Waals surface area (Å²) in [5, 5.41) is 2.62. The van der Waals surface area contributed by atoms with Gasteiger partial charge in [0, 0.05) is 31.5 Å². The van der Waals surface area contributed by atoms with E-state index in [1.54, 1.807) is 20.8 Å². The minimum absolute atomic E-state index is 0.0846. The van der Waals surface area contributed by atoms with E-state index in [1.165, 1.54) is 0 Å². The molecular weight excluding hydrogens is 374 g/mol. The highest BCUT2D eigenvalue weighted by molar-refractivity contribution is 6.12. The van der Waals surface area contributed by atoms with Crippen molar-refractivity contribution in [3.05, 3.63) is 12.2 Å². The Morgan fingerprint density at radius 2 is 1.61 bits per heavy atom. The summed E-state index contributed by atoms with van der Waals surface area (Å²) in [5.41, 5.74) is -0.843. The number of hydroxylamine groups is 2. The molecule has 11 nitrogen and oxygen atoms in total. The van der Waals surface area contributed by atoms with Crippen LogP contribution < -0.4 is 5.32 Å². The maximum absolute atomic E-state index is 12.4. The summed E-state index contributed by atoms with van der Waals surface area (Å²) >= 11 is 0. The Balaban J connectivity index is 2.06. The van der Waals surface area contributed by atoms with E-state index in [9.17, 15) is 28.8 Å². The first-order chi connectivity index (χ1) is 13.0. The maximum Gasteiger partial charge on any atom is 0.408 e. The maximum atomic E-state index is 12.4. The quantitative estimate of drug-likeness (QED) is 0.610. The third-order valence-electron chi connectivity index (χ3n) is 3.70. The Bertz CT molecular complexity index is 718. The standard InChI is InChI=1S/C17H21N3O8/c1-17(2,3)27-16(26)18-10(8-9-19-11(21)4-5-12(19)22)15(25)28-20-13(23)6-7-14(20)24/h4-5,10H,6-9H2,1-3H3,(H,18,26)/t10-/m0/s1. The van der Waals surface area contributed by atoms with Crippen LogP contribution in [0.25, 0.3) is 0 Å². The van der Waals surface area contributed by atoms with Gasteiger partial charge >= 0.3 is 12.1 Å². The van der Waals surface area contributed by atoms with Gasteiger partial charge in [-0.05, 0) is 27.2 Å². The number of hydrogen-bond donors (Lipinski definition) is 1. The van der Waals surface area contributed by atoms with Gasteiger partial charge in [0.15, 0.2) is 0 Å². The molecule has 0 spiro atoms. The van der Waals surface area contributed by atoms with E-state index in [4.69, 9.17) is 9.57 Å². The van der Waals surface area contributed by atoms with E-state index >= 15 is 0 Å². The SMILES string of the molecule is CC(C)(C)OC(=O)N[C@@H](CCN1C(=O)C=CC1=O)C(=O)ON1C(=O)CCC1=O. The van der Waals surface area contributed by atoms with Crippen molar-refractivity contribution in [1.29, 1.82) is 0 Å². The Kier molecular flexibility index (Phi) is 6.16. The smallest absolute Gasteiger partial charge is 0.408 e. The number of rotatable bonds is 6. The molecule has 28 heavy (non-hydrogen) atoms. The van der Waals surface area contributed by atoms with Crippen molar-refractivity contribution in [2.24, 2.45) is 0 Å². The minimum atomic E-state index is -1.36. The van der Waals surface area contributed by atoms with E-state index in [-0.39, 0.29) is 25.8 Å². The highest BCUT2D eigenvalue weighted by Gasteiger charge is 2.36. The van der Waals surface area contributed by atoms with Crippen molar-refractivity contribution in [2.45, 2.75) is 51.7 Å². The molecular formula is C17H21N3O8. The predicted octanol–water partition coefficient (Wildman–Crippen LogP) is -0.198. The highest BCUT2D eigenvalue weighted by atomic mass is 16.7. The van der Waals surface area contributed by atoms with Gasteiger partial charge in [-0.15, -0.1) is 5.06 Å². The van der Waals surface area contributed by atoms with Gasteiger partial charge in [-0.1, -0.05) is 0 Å². The number of carbonyl (C=O) groups excluding carboxylic acids is 6. The lowest BCUT2D eigenvalue weighted by Crippen LogP contribution is -2.48. The number of ether oxygens (including phenoxy) is 1. The van der Waals surface area contributed by atoms with Crippen molar-refractivity contribution in [2.75, 3.05) is 6.54 Å². The molecule has 0 aromatic rings. The topological polar surface area (TPSA) is 139 Å². The largest absolute Gasteiger partial charge is 0.444 e. The molecule has 2 aliphatic rings. The van der Waals surface area contributed by atoms with Crippen LogP contribution in [-0.2, 0) is 33.5 Å². The summed E-state index contributed by atoms with van der Waals surface area (Å²) in [4.78, 5) is 76.6. The molecule has 5 amide bonds. The first-order valence-corrected chi connectivity index (χ1v) is 8.58. The molecule has 152 valence electrons. The molecule has 0 aliphatic carbocycles. The van der Waals surface area contributed by atoms with Gasteiger partial charge in [0.25, 0.3) is 23.6 Å². The first-order valence-electron chi connectivity index (χ1n) is 8.58. The number of carbonyl (C=O) groups is 6. The molecule has 1 fully saturated rings. The van der Waals surface area contributed by atoms with Crippen molar-refractivity contribution < 1.29 is 38.3 Å². The lowest BCUT2D eigenvalue weighted by atomic mass is 10.2. The average Bonchev–Trinajstić information content (AvgIpc) is 3.06. The summed E-state index contributed by atoms with van der Waals surface area (Å²) in [6, 6.07) is -1.36. The zero-order valence-corrected chi connectivity index (χ0v) is 15.7. The molecule has 1 N–H and O–H groups in total. The second-order valence-corrected chi connectivity index (χ2v) is 7.14. The van der Waals surface area contributed by atoms with E-state index < -0.39 is 47.3 Å². The highest BCUT2D eigenvalue weighted by Crippen LogP contribution is 2.15. The monoisotopic (exact) mass is 395 g/mol. The van der Waals surface area contributed by atoms with E-state index in [2.05, 4.69) is 5.32 Å². The number of amides is 5. The van der Waals surface area contributed by atoms with Gasteiger partial charge in [-0.2, -0.15) is 0 Å². The summed E-state index contributed by atoms with van der Waals surface area (Å²) < 4.78 is 5.08. The number of imide groups is 2. The fourth-order valence-corrected chi connectivity index (χ4v) is 2.42. The Labute approximate surface area is 160 Å². The molecule has 0 unspecified atom stereocenters. The van der Waals surface area contributed by atoms with Crippen molar-refractivity contribution in [1.82, 2.24) is 15.3 Å². The van der Waals surface area contributed by atoms with Crippen molar-refractivity contribution >= 4 is 35.7 Å². The minimum Gasteiger partial charge on any atom is -0.444 e. The molecule has 0 saturated carbocycles. The van der Waals surface area contributed by atoms with Gasteiger partial charge in [0.05, 0.1) is 0 Å². The Morgan fingerprint density at radius 1 is 1.07 bits per heavy atom. The van der Waals surface area contributed by atoms with Gasteiger partial charge in [-0.3, -0.25) is 24.1 Å². The van der Waals surface area contributed by atoms with E-state index in [0.29, 0.717) is 5.06 Å². The lowest BCUT2D eigenvalue weighted by molar-refractivity contribution is -0.199. The molecule has 0 bridgehead atoms. The van der Waals surface area contributed by atoms with Crippen LogP contribution in [0.2, 0.25) is 0 Å². The third kappa shape index (κ3) is 5.38. The third-order valence-corrected chi connectivity index (χ3v) is 3.70. The fourth-order valence-electron chi connectivity index (χ4n) is 2.42. The molecule has 0 aromatic carbocycles. The van der Waals surface area contributed by atoms with Crippen LogP contribution in [0.4, 0.5) is 4.79 Å². The van der Waals surface area contributed by atoms with Crippen LogP contribution in [0.3, 0.4) is 0 Å². The zero-order valence-electron chi connectivity index (χ0n) is 15.7. The Hall–Kier alpha value is -3.24. The molecule has 2 aliphatic heterocycles. The van der Waals surface area contributed by atoms with Crippen LogP contribution in [0.1, 0.15) is 40.0 Å². The molecule has 11 heteroatoms. The van der Waals surface area contributed by atoms with Gasteiger partial charge in [0.1, 0.15) is 11.6 Å². The average molecular weight is 395 g/mol. The molecule has 2 rings (SSSR count). The summed E-state index contributed by atoms with van der Waals surface area (Å²) in [5.74, 6) is -3.56. The summed E-state index contributed by atoms with van der Waals surface area (Å²) in [6.07, 6.45) is 0.854.